The monoisotopic (exact) mass is 452 g/mol. The molecule has 0 spiro atoms. The van der Waals surface area contributed by atoms with Crippen LogP contribution in [0, 0.1) is 0 Å². The molecule has 6 heteroatoms. The molecular formula is C27H36N2O4. The number of fused-ring (bicyclic) bond motifs is 1. The van der Waals surface area contributed by atoms with E-state index in [1.165, 1.54) is 25.7 Å². The van der Waals surface area contributed by atoms with Crippen molar-refractivity contribution in [3.63, 3.8) is 0 Å². The summed E-state index contributed by atoms with van der Waals surface area (Å²) in [5.74, 6) is 0.239. The van der Waals surface area contributed by atoms with Crippen LogP contribution in [-0.4, -0.2) is 21.7 Å². The Labute approximate surface area is 196 Å². The first-order valence-corrected chi connectivity index (χ1v) is 11.9. The van der Waals surface area contributed by atoms with Crippen molar-refractivity contribution < 1.29 is 19.1 Å². The highest BCUT2D eigenvalue weighted by Crippen LogP contribution is 2.29. The summed E-state index contributed by atoms with van der Waals surface area (Å²) in [6.07, 6.45) is 6.94. The molecule has 0 fully saturated rings. The van der Waals surface area contributed by atoms with Crippen molar-refractivity contribution in [3.8, 4) is 5.75 Å². The molecule has 1 heterocycles. The van der Waals surface area contributed by atoms with Gasteiger partial charge >= 0.3 is 5.97 Å². The van der Waals surface area contributed by atoms with Gasteiger partial charge in [-0.05, 0) is 57.0 Å². The van der Waals surface area contributed by atoms with Gasteiger partial charge in [-0.25, -0.2) is 9.78 Å². The molecule has 0 aliphatic rings. The summed E-state index contributed by atoms with van der Waals surface area (Å²) in [7, 11) is 0. The normalized spacial score (nSPS) is 13.7. The van der Waals surface area contributed by atoms with Gasteiger partial charge in [0.25, 0.3) is 0 Å². The van der Waals surface area contributed by atoms with E-state index in [-0.39, 0.29) is 12.1 Å². The Morgan fingerprint density at radius 1 is 1.12 bits per heavy atom. The summed E-state index contributed by atoms with van der Waals surface area (Å²) in [6, 6.07) is 15.4. The zero-order valence-electron chi connectivity index (χ0n) is 20.1. The molecule has 0 saturated carbocycles. The molecule has 0 saturated heterocycles. The Balaban J connectivity index is 1.75. The number of carbonyl (C=O) groups is 1. The van der Waals surface area contributed by atoms with Crippen molar-refractivity contribution in [1.82, 2.24) is 10.3 Å². The van der Waals surface area contributed by atoms with Gasteiger partial charge in [0, 0.05) is 6.04 Å². The highest BCUT2D eigenvalue weighted by Gasteiger charge is 2.29. The summed E-state index contributed by atoms with van der Waals surface area (Å²) in [4.78, 5) is 16.2. The maximum absolute atomic E-state index is 11.4. The molecule has 3 rings (SSSR count). The van der Waals surface area contributed by atoms with Crippen LogP contribution in [0.3, 0.4) is 0 Å². The fourth-order valence-electron chi connectivity index (χ4n) is 3.85. The van der Waals surface area contributed by atoms with Crippen LogP contribution in [-0.2, 0) is 4.79 Å². The Kier molecular flexibility index (Phi) is 8.50. The van der Waals surface area contributed by atoms with Crippen LogP contribution in [0.5, 0.6) is 5.75 Å². The topological polar surface area (TPSA) is 84.6 Å². The first-order valence-electron chi connectivity index (χ1n) is 11.9. The van der Waals surface area contributed by atoms with Gasteiger partial charge in [-0.3, -0.25) is 5.32 Å². The smallest absolute Gasteiger partial charge is 0.347 e. The standard InChI is InChI=1S/C27H36N2O4/c1-5-6-7-8-9-16-23(25-29-22-15-10-11-17-24(22)32-25)28-19(2)20-13-12-14-21(18-20)33-27(3,4)26(30)31/h10-15,17-19,23,28H,5-9,16H2,1-4H3,(H,30,31). The molecule has 178 valence electrons. The lowest BCUT2D eigenvalue weighted by Gasteiger charge is -2.24. The number of nitrogens with zero attached hydrogens (tertiary/aromatic N) is 1. The third-order valence-corrected chi connectivity index (χ3v) is 5.90. The van der Waals surface area contributed by atoms with E-state index in [2.05, 4.69) is 19.2 Å². The van der Waals surface area contributed by atoms with Gasteiger partial charge in [-0.1, -0.05) is 63.3 Å². The van der Waals surface area contributed by atoms with Crippen LogP contribution in [0.4, 0.5) is 0 Å². The molecule has 33 heavy (non-hydrogen) atoms. The van der Waals surface area contributed by atoms with E-state index in [1.807, 2.05) is 42.5 Å². The highest BCUT2D eigenvalue weighted by atomic mass is 16.5. The zero-order valence-corrected chi connectivity index (χ0v) is 20.1. The molecule has 3 aromatic rings. The summed E-state index contributed by atoms with van der Waals surface area (Å²) in [5.41, 5.74) is 1.38. The van der Waals surface area contributed by atoms with E-state index in [1.54, 1.807) is 19.9 Å². The minimum absolute atomic E-state index is 0.00264. The number of rotatable bonds is 13. The first kappa shape index (κ1) is 24.8. The molecule has 2 unspecified atom stereocenters. The van der Waals surface area contributed by atoms with Crippen molar-refractivity contribution >= 4 is 17.1 Å². The Morgan fingerprint density at radius 3 is 2.61 bits per heavy atom. The van der Waals surface area contributed by atoms with E-state index in [4.69, 9.17) is 14.1 Å². The Hall–Kier alpha value is -2.86. The minimum atomic E-state index is -1.30. The fourth-order valence-corrected chi connectivity index (χ4v) is 3.85. The molecule has 0 bridgehead atoms. The summed E-state index contributed by atoms with van der Waals surface area (Å²) in [5, 5.41) is 13.1. The molecular weight excluding hydrogens is 416 g/mol. The van der Waals surface area contributed by atoms with Gasteiger partial charge < -0.3 is 14.3 Å². The Bertz CT molecular complexity index is 1010. The average Bonchev–Trinajstić information content (AvgIpc) is 3.22. The molecule has 0 aliphatic carbocycles. The quantitative estimate of drug-likeness (QED) is 0.277. The number of aliphatic carboxylic acids is 1. The maximum Gasteiger partial charge on any atom is 0.347 e. The molecule has 2 N–H and O–H groups in total. The van der Waals surface area contributed by atoms with Gasteiger partial charge in [-0.2, -0.15) is 0 Å². The first-order chi connectivity index (χ1) is 15.8. The summed E-state index contributed by atoms with van der Waals surface area (Å²) in [6.45, 7) is 7.41. The number of unbranched alkanes of at least 4 members (excludes halogenated alkanes) is 4. The second-order valence-electron chi connectivity index (χ2n) is 9.15. The number of oxazole rings is 1. The molecule has 1 aromatic heterocycles. The molecule has 2 atom stereocenters. The fraction of sp³-hybridized carbons (Fsp3) is 0.481. The van der Waals surface area contributed by atoms with Crippen molar-refractivity contribution in [2.24, 2.45) is 0 Å². The predicted molar refractivity (Wildman–Crippen MR) is 130 cm³/mol. The van der Waals surface area contributed by atoms with Crippen LogP contribution in [0.15, 0.2) is 52.9 Å². The molecule has 0 amide bonds. The van der Waals surface area contributed by atoms with Gasteiger partial charge in [0.05, 0.1) is 6.04 Å². The Morgan fingerprint density at radius 2 is 1.88 bits per heavy atom. The van der Waals surface area contributed by atoms with Gasteiger partial charge in [0.15, 0.2) is 11.2 Å². The van der Waals surface area contributed by atoms with Gasteiger partial charge in [0.2, 0.25) is 5.89 Å². The highest BCUT2D eigenvalue weighted by molar-refractivity contribution is 5.76. The van der Waals surface area contributed by atoms with Crippen molar-refractivity contribution in [2.45, 2.75) is 83.9 Å². The third kappa shape index (κ3) is 6.81. The second kappa shape index (κ2) is 11.3. The van der Waals surface area contributed by atoms with E-state index in [0.29, 0.717) is 11.6 Å². The van der Waals surface area contributed by atoms with E-state index < -0.39 is 11.6 Å². The molecule has 2 aromatic carbocycles. The van der Waals surface area contributed by atoms with Crippen molar-refractivity contribution in [2.75, 3.05) is 0 Å². The van der Waals surface area contributed by atoms with Gasteiger partial charge in [0.1, 0.15) is 11.3 Å². The van der Waals surface area contributed by atoms with E-state index >= 15 is 0 Å². The zero-order chi connectivity index (χ0) is 23.8. The number of aromatic nitrogens is 1. The number of ether oxygens (including phenoxy) is 1. The number of hydrogen-bond donors (Lipinski definition) is 2. The van der Waals surface area contributed by atoms with E-state index in [9.17, 15) is 9.90 Å². The SMILES string of the molecule is CCCCCCCC(NC(C)c1cccc(OC(C)(C)C(=O)O)c1)c1nc2ccccc2o1. The number of hydrogen-bond acceptors (Lipinski definition) is 5. The lowest BCUT2D eigenvalue weighted by atomic mass is 10.0. The average molecular weight is 453 g/mol. The van der Waals surface area contributed by atoms with E-state index in [0.717, 1.165) is 29.5 Å². The lowest BCUT2D eigenvalue weighted by molar-refractivity contribution is -0.152. The van der Waals surface area contributed by atoms with Crippen molar-refractivity contribution in [3.05, 3.63) is 60.0 Å². The third-order valence-electron chi connectivity index (χ3n) is 5.90. The molecule has 0 aliphatic heterocycles. The van der Waals surface area contributed by atoms with Crippen LogP contribution in [0.25, 0.3) is 11.1 Å². The largest absolute Gasteiger partial charge is 0.478 e. The number of nitrogens with one attached hydrogen (secondary N) is 1. The minimum Gasteiger partial charge on any atom is -0.478 e. The summed E-state index contributed by atoms with van der Waals surface area (Å²) < 4.78 is 11.8. The van der Waals surface area contributed by atoms with Crippen LogP contribution < -0.4 is 10.1 Å². The molecule has 0 radical (unpaired) electrons. The number of carboxylic acids is 1. The predicted octanol–water partition coefficient (Wildman–Crippen LogP) is 6.82. The van der Waals surface area contributed by atoms with Gasteiger partial charge in [-0.15, -0.1) is 0 Å². The maximum atomic E-state index is 11.4. The molecule has 6 nitrogen and oxygen atoms in total. The van der Waals surface area contributed by atoms with Crippen LogP contribution in [0.1, 0.15) is 89.8 Å². The number of carboxylic acid groups (broad SMARTS) is 1. The second-order valence-corrected chi connectivity index (χ2v) is 9.15. The number of para-hydroxylation sites is 2. The van der Waals surface area contributed by atoms with Crippen molar-refractivity contribution in [1.29, 1.82) is 0 Å². The lowest BCUT2D eigenvalue weighted by Crippen LogP contribution is -2.37. The van der Waals surface area contributed by atoms with Crippen LogP contribution >= 0.6 is 0 Å². The van der Waals surface area contributed by atoms with Crippen LogP contribution in [0.2, 0.25) is 0 Å². The number of benzene rings is 2. The summed E-state index contributed by atoms with van der Waals surface area (Å²) >= 11 is 0.